The van der Waals surface area contributed by atoms with Crippen LogP contribution in [0, 0.1) is 11.6 Å². The number of amides is 1. The van der Waals surface area contributed by atoms with Crippen molar-refractivity contribution in [2.75, 3.05) is 16.8 Å². The molecule has 1 N–H and O–H groups in total. The minimum atomic E-state index is -0.449. The first-order valence-electron chi connectivity index (χ1n) is 8.10. The third-order valence-corrected chi connectivity index (χ3v) is 4.16. The molecule has 2 aromatic heterocycles. The van der Waals surface area contributed by atoms with Gasteiger partial charge < -0.3 is 10.2 Å². The van der Waals surface area contributed by atoms with E-state index in [4.69, 9.17) is 0 Å². The number of hydrogen-bond acceptors (Lipinski definition) is 4. The average molecular weight is 355 g/mol. The van der Waals surface area contributed by atoms with Crippen LogP contribution in [0.4, 0.5) is 20.3 Å². The van der Waals surface area contributed by atoms with Crippen LogP contribution in [0.5, 0.6) is 0 Å². The van der Waals surface area contributed by atoms with E-state index in [-0.39, 0.29) is 24.1 Å². The zero-order valence-electron chi connectivity index (χ0n) is 13.7. The molecule has 0 saturated carbocycles. The van der Waals surface area contributed by atoms with Crippen LogP contribution in [0.2, 0.25) is 0 Å². The van der Waals surface area contributed by atoms with E-state index in [0.717, 1.165) is 0 Å². The van der Waals surface area contributed by atoms with Gasteiger partial charge in [0.2, 0.25) is 0 Å². The summed E-state index contributed by atoms with van der Waals surface area (Å²) in [5.41, 5.74) is 1.69. The number of carbonyl (C=O) groups excluding carboxylic acids is 1. The molecule has 1 aromatic carbocycles. The number of halogens is 2. The summed E-state index contributed by atoms with van der Waals surface area (Å²) in [5.74, 6) is -0.864. The van der Waals surface area contributed by atoms with Crippen molar-refractivity contribution in [1.82, 2.24) is 14.8 Å². The fourth-order valence-electron chi connectivity index (χ4n) is 2.89. The second kappa shape index (κ2) is 6.55. The highest BCUT2D eigenvalue weighted by molar-refractivity contribution is 6.05. The number of pyridine rings is 1. The molecule has 132 valence electrons. The molecular weight excluding hydrogens is 340 g/mol. The number of anilines is 2. The van der Waals surface area contributed by atoms with Gasteiger partial charge in [0.05, 0.1) is 18.8 Å². The summed E-state index contributed by atoms with van der Waals surface area (Å²) in [4.78, 5) is 18.2. The van der Waals surface area contributed by atoms with Gasteiger partial charge in [0.25, 0.3) is 5.91 Å². The van der Waals surface area contributed by atoms with E-state index < -0.39 is 5.82 Å². The zero-order valence-corrected chi connectivity index (χ0v) is 13.7. The molecule has 1 amide bonds. The van der Waals surface area contributed by atoms with Crippen molar-refractivity contribution in [2.45, 2.75) is 13.1 Å². The molecule has 4 rings (SSSR count). The molecule has 0 atom stereocenters. The summed E-state index contributed by atoms with van der Waals surface area (Å²) in [6, 6.07) is 10.3. The maximum absolute atomic E-state index is 13.6. The molecule has 0 fully saturated rings. The van der Waals surface area contributed by atoms with Gasteiger partial charge in [-0.2, -0.15) is 5.10 Å². The maximum atomic E-state index is 13.6. The molecule has 6 nitrogen and oxygen atoms in total. The minimum Gasteiger partial charge on any atom is -0.362 e. The SMILES string of the molecule is O=C1c2cc(CNc3ncccc3F)nn2CCN1c1ccc(F)cc1. The van der Waals surface area contributed by atoms with Crippen LogP contribution in [-0.4, -0.2) is 27.2 Å². The Morgan fingerprint density at radius 2 is 1.92 bits per heavy atom. The Labute approximate surface area is 148 Å². The lowest BCUT2D eigenvalue weighted by Crippen LogP contribution is -2.40. The van der Waals surface area contributed by atoms with Crippen LogP contribution in [-0.2, 0) is 13.1 Å². The van der Waals surface area contributed by atoms with Crippen molar-refractivity contribution < 1.29 is 13.6 Å². The normalized spacial score (nSPS) is 13.6. The fraction of sp³-hybridized carbons (Fsp3) is 0.167. The smallest absolute Gasteiger partial charge is 0.276 e. The van der Waals surface area contributed by atoms with Gasteiger partial charge in [-0.3, -0.25) is 9.48 Å². The average Bonchev–Trinajstić information content (AvgIpc) is 3.06. The van der Waals surface area contributed by atoms with Crippen molar-refractivity contribution in [3.8, 4) is 0 Å². The lowest BCUT2D eigenvalue weighted by molar-refractivity contribution is 0.0962. The van der Waals surface area contributed by atoms with E-state index in [1.54, 1.807) is 27.8 Å². The Morgan fingerprint density at radius 1 is 1.12 bits per heavy atom. The summed E-state index contributed by atoms with van der Waals surface area (Å²) in [6.45, 7) is 1.22. The fourth-order valence-corrected chi connectivity index (χ4v) is 2.89. The quantitative estimate of drug-likeness (QED) is 0.782. The molecule has 0 unspecified atom stereocenters. The van der Waals surface area contributed by atoms with Crippen molar-refractivity contribution >= 4 is 17.4 Å². The number of rotatable bonds is 4. The monoisotopic (exact) mass is 355 g/mol. The van der Waals surface area contributed by atoms with E-state index in [9.17, 15) is 13.6 Å². The number of fused-ring (bicyclic) bond motifs is 1. The highest BCUT2D eigenvalue weighted by Crippen LogP contribution is 2.22. The second-order valence-electron chi connectivity index (χ2n) is 5.86. The first kappa shape index (κ1) is 16.2. The summed E-state index contributed by atoms with van der Waals surface area (Å²) in [5, 5.41) is 7.26. The van der Waals surface area contributed by atoms with Gasteiger partial charge in [-0.15, -0.1) is 0 Å². The number of benzene rings is 1. The van der Waals surface area contributed by atoms with Crippen LogP contribution in [0.3, 0.4) is 0 Å². The highest BCUT2D eigenvalue weighted by Gasteiger charge is 2.27. The molecule has 0 radical (unpaired) electrons. The largest absolute Gasteiger partial charge is 0.362 e. The predicted octanol–water partition coefficient (Wildman–Crippen LogP) is 2.83. The van der Waals surface area contributed by atoms with Crippen LogP contribution < -0.4 is 10.2 Å². The van der Waals surface area contributed by atoms with Crippen molar-refractivity contribution in [3.05, 3.63) is 71.7 Å². The summed E-state index contributed by atoms with van der Waals surface area (Å²) in [7, 11) is 0. The number of nitrogens with one attached hydrogen (secondary N) is 1. The molecule has 0 saturated heterocycles. The van der Waals surface area contributed by atoms with Gasteiger partial charge in [-0.25, -0.2) is 13.8 Å². The first-order chi connectivity index (χ1) is 12.6. The topological polar surface area (TPSA) is 63.1 Å². The molecule has 3 heterocycles. The molecule has 0 spiro atoms. The molecule has 1 aliphatic heterocycles. The standard InChI is InChI=1S/C18H15F2N5O/c19-12-3-5-14(6-4-12)24-8-9-25-16(18(24)26)10-13(23-25)11-22-17-15(20)2-1-7-21-17/h1-7,10H,8-9,11H2,(H,21,22). The zero-order chi connectivity index (χ0) is 18.1. The van der Waals surface area contributed by atoms with Gasteiger partial charge in [0.15, 0.2) is 11.6 Å². The molecular formula is C18H15F2N5O. The summed E-state index contributed by atoms with van der Waals surface area (Å²) in [6.07, 6.45) is 1.49. The van der Waals surface area contributed by atoms with Crippen LogP contribution in [0.25, 0.3) is 0 Å². The van der Waals surface area contributed by atoms with E-state index >= 15 is 0 Å². The van der Waals surface area contributed by atoms with E-state index in [1.807, 2.05) is 0 Å². The van der Waals surface area contributed by atoms with Gasteiger partial charge in [-0.1, -0.05) is 0 Å². The molecule has 26 heavy (non-hydrogen) atoms. The van der Waals surface area contributed by atoms with Crippen molar-refractivity contribution in [1.29, 1.82) is 0 Å². The first-order valence-corrected chi connectivity index (χ1v) is 8.10. The number of hydrogen-bond donors (Lipinski definition) is 1. The number of carbonyl (C=O) groups is 1. The van der Waals surface area contributed by atoms with Gasteiger partial charge in [0, 0.05) is 18.4 Å². The van der Waals surface area contributed by atoms with Crippen LogP contribution in [0.1, 0.15) is 16.2 Å². The van der Waals surface area contributed by atoms with Crippen LogP contribution >= 0.6 is 0 Å². The minimum absolute atomic E-state index is 0.137. The number of nitrogens with zero attached hydrogens (tertiary/aromatic N) is 4. The molecule has 8 heteroatoms. The van der Waals surface area contributed by atoms with Gasteiger partial charge >= 0.3 is 0 Å². The maximum Gasteiger partial charge on any atom is 0.276 e. The summed E-state index contributed by atoms with van der Waals surface area (Å²) >= 11 is 0. The van der Waals surface area contributed by atoms with Crippen molar-refractivity contribution in [2.24, 2.45) is 0 Å². The highest BCUT2D eigenvalue weighted by atomic mass is 19.1. The third kappa shape index (κ3) is 3.01. The Hall–Kier alpha value is -3.29. The third-order valence-electron chi connectivity index (χ3n) is 4.16. The predicted molar refractivity (Wildman–Crippen MR) is 91.8 cm³/mol. The lowest BCUT2D eigenvalue weighted by atomic mass is 10.2. The molecule has 1 aliphatic rings. The molecule has 0 aliphatic carbocycles. The Kier molecular flexibility index (Phi) is 4.08. The van der Waals surface area contributed by atoms with Crippen LogP contribution in [0.15, 0.2) is 48.7 Å². The van der Waals surface area contributed by atoms with Gasteiger partial charge in [-0.05, 0) is 42.5 Å². The Morgan fingerprint density at radius 3 is 2.69 bits per heavy atom. The van der Waals surface area contributed by atoms with Crippen molar-refractivity contribution in [3.63, 3.8) is 0 Å². The van der Waals surface area contributed by atoms with E-state index in [2.05, 4.69) is 15.4 Å². The van der Waals surface area contributed by atoms with E-state index in [1.165, 1.54) is 30.5 Å². The van der Waals surface area contributed by atoms with Gasteiger partial charge in [0.1, 0.15) is 11.5 Å². The second-order valence-corrected chi connectivity index (χ2v) is 5.86. The molecule has 3 aromatic rings. The summed E-state index contributed by atoms with van der Waals surface area (Å²) < 4.78 is 28.3. The number of aromatic nitrogens is 3. The van der Waals surface area contributed by atoms with E-state index in [0.29, 0.717) is 30.2 Å². The Balaban J connectivity index is 1.52. The lowest BCUT2D eigenvalue weighted by Gasteiger charge is -2.27. The Bertz CT molecular complexity index is 954. The molecule has 0 bridgehead atoms.